The number of benzene rings is 1. The molecule has 0 spiro atoms. The Balaban J connectivity index is 0. The summed E-state index contributed by atoms with van der Waals surface area (Å²) >= 11 is 0. The van der Waals surface area contributed by atoms with Crippen LogP contribution in [0.25, 0.3) is 5.32 Å². The fourth-order valence-electron chi connectivity index (χ4n) is 1.05. The molecule has 0 bridgehead atoms. The van der Waals surface area contributed by atoms with Crippen molar-refractivity contribution in [3.05, 3.63) is 48.0 Å². The zero-order valence-electron chi connectivity index (χ0n) is 10.6. The summed E-state index contributed by atoms with van der Waals surface area (Å²) in [7, 11) is 0. The standard InChI is InChI=1S/C8H7N.C3H7.C2H6.K/c1-2-4-8-7(3-1)5-6-9-8;1-3-2;1-2;/h1-5H,6H2;3H,1-2H3;1-2H3;/q-2;-1;;+1. The molecule has 1 nitrogen and oxygen atoms in total. The Labute approximate surface area is 137 Å². The van der Waals surface area contributed by atoms with E-state index in [9.17, 15) is 0 Å². The summed E-state index contributed by atoms with van der Waals surface area (Å²) in [5, 5.41) is 4.24. The molecule has 0 aliphatic carbocycles. The molecule has 0 N–H and O–H groups in total. The van der Waals surface area contributed by atoms with E-state index in [4.69, 9.17) is 0 Å². The molecule has 1 aliphatic heterocycles. The molecule has 15 heavy (non-hydrogen) atoms. The second kappa shape index (κ2) is 12.6. The predicted octanol–water partition coefficient (Wildman–Crippen LogP) is 1.52. The van der Waals surface area contributed by atoms with E-state index < -0.39 is 0 Å². The smallest absolute Gasteiger partial charge is 0.749 e. The van der Waals surface area contributed by atoms with Gasteiger partial charge in [-0.1, -0.05) is 19.9 Å². The van der Waals surface area contributed by atoms with Crippen LogP contribution in [0, 0.1) is 12.8 Å². The molecule has 0 atom stereocenters. The fraction of sp³-hybridized carbons (Fsp3) is 0.385. The van der Waals surface area contributed by atoms with Crippen molar-refractivity contribution in [1.29, 1.82) is 0 Å². The summed E-state index contributed by atoms with van der Waals surface area (Å²) < 4.78 is 0. The maximum absolute atomic E-state index is 4.24. The van der Waals surface area contributed by atoms with Crippen LogP contribution < -0.4 is 51.4 Å². The minimum Gasteiger partial charge on any atom is -0.749 e. The third kappa shape index (κ3) is 7.42. The Kier molecular flexibility index (Phi) is 15.0. The SMILES string of the molecule is CC.C[CH-]C.[K+].c1ccc2c(c1)[CH-]C[N-]2. The molecule has 80 valence electrons. The van der Waals surface area contributed by atoms with Crippen LogP contribution in [0.1, 0.15) is 33.3 Å². The van der Waals surface area contributed by atoms with Crippen molar-refractivity contribution < 1.29 is 51.4 Å². The second-order valence-electron chi connectivity index (χ2n) is 2.68. The van der Waals surface area contributed by atoms with Gasteiger partial charge in [0, 0.05) is 0 Å². The summed E-state index contributed by atoms with van der Waals surface area (Å²) in [5.41, 5.74) is 2.41. The largest absolute Gasteiger partial charge is 1.00 e. The van der Waals surface area contributed by atoms with Gasteiger partial charge < -0.3 is 11.7 Å². The number of fused-ring (bicyclic) bond motifs is 1. The zero-order chi connectivity index (χ0) is 10.8. The fourth-order valence-corrected chi connectivity index (χ4v) is 1.05. The van der Waals surface area contributed by atoms with E-state index in [1.165, 1.54) is 5.56 Å². The van der Waals surface area contributed by atoms with Crippen molar-refractivity contribution in [2.24, 2.45) is 0 Å². The summed E-state index contributed by atoms with van der Waals surface area (Å²) in [6, 6.07) is 8.18. The number of hydrogen-bond donors (Lipinski definition) is 0. The van der Waals surface area contributed by atoms with E-state index in [0.29, 0.717) is 0 Å². The molecule has 0 amide bonds. The van der Waals surface area contributed by atoms with Crippen LogP contribution in [-0.4, -0.2) is 6.54 Å². The van der Waals surface area contributed by atoms with Gasteiger partial charge in [-0.05, 0) is 0 Å². The molecule has 1 aliphatic rings. The summed E-state index contributed by atoms with van der Waals surface area (Å²) in [6.07, 6.45) is 4.13. The van der Waals surface area contributed by atoms with Gasteiger partial charge >= 0.3 is 51.4 Å². The summed E-state index contributed by atoms with van der Waals surface area (Å²) in [4.78, 5) is 0. The van der Waals surface area contributed by atoms with E-state index in [1.54, 1.807) is 0 Å². The minimum absolute atomic E-state index is 0. The minimum atomic E-state index is 0. The molecule has 1 heterocycles. The number of hydrogen-bond acceptors (Lipinski definition) is 0. The van der Waals surface area contributed by atoms with E-state index in [0.717, 1.165) is 12.2 Å². The Morgan fingerprint density at radius 1 is 1.20 bits per heavy atom. The Bertz CT molecular complexity index is 213. The van der Waals surface area contributed by atoms with E-state index in [-0.39, 0.29) is 51.4 Å². The van der Waals surface area contributed by atoms with Crippen molar-refractivity contribution >= 4 is 5.69 Å². The molecule has 0 saturated carbocycles. The second-order valence-corrected chi connectivity index (χ2v) is 2.68. The van der Waals surface area contributed by atoms with E-state index in [2.05, 4.69) is 17.8 Å². The summed E-state index contributed by atoms with van der Waals surface area (Å²) in [6.45, 7) is 8.86. The molecule has 0 fully saturated rings. The monoisotopic (exact) mass is 229 g/mol. The molecule has 0 unspecified atom stereocenters. The van der Waals surface area contributed by atoms with Crippen molar-refractivity contribution in [2.45, 2.75) is 27.7 Å². The number of rotatable bonds is 0. The first kappa shape index (κ1) is 17.9. The Hall–Kier alpha value is 0.526. The molecule has 1 aromatic carbocycles. The molecule has 2 rings (SSSR count). The first-order chi connectivity index (χ1) is 6.88. The van der Waals surface area contributed by atoms with Crippen LogP contribution in [0.2, 0.25) is 0 Å². The van der Waals surface area contributed by atoms with Crippen LogP contribution in [0.15, 0.2) is 24.3 Å². The topological polar surface area (TPSA) is 14.1 Å². The van der Waals surface area contributed by atoms with Gasteiger partial charge in [0.1, 0.15) is 0 Å². The first-order valence-corrected chi connectivity index (χ1v) is 5.22. The van der Waals surface area contributed by atoms with Crippen LogP contribution in [0.4, 0.5) is 5.69 Å². The zero-order valence-corrected chi connectivity index (χ0v) is 13.7. The van der Waals surface area contributed by atoms with E-state index >= 15 is 0 Å². The molecule has 1 aromatic rings. The van der Waals surface area contributed by atoms with Crippen LogP contribution >= 0.6 is 0 Å². The predicted molar refractivity (Wildman–Crippen MR) is 64.7 cm³/mol. The van der Waals surface area contributed by atoms with Gasteiger partial charge in [0.25, 0.3) is 0 Å². The average Bonchev–Trinajstić information content (AvgIpc) is 2.69. The van der Waals surface area contributed by atoms with Gasteiger partial charge in [-0.3, -0.25) is 5.69 Å². The first-order valence-electron chi connectivity index (χ1n) is 5.22. The van der Waals surface area contributed by atoms with Crippen LogP contribution in [0.3, 0.4) is 0 Å². The van der Waals surface area contributed by atoms with Gasteiger partial charge in [-0.2, -0.15) is 26.5 Å². The maximum Gasteiger partial charge on any atom is 1.00 e. The van der Waals surface area contributed by atoms with Gasteiger partial charge in [0.15, 0.2) is 0 Å². The molecule has 0 aromatic heterocycles. The Morgan fingerprint density at radius 2 is 1.73 bits per heavy atom. The van der Waals surface area contributed by atoms with Gasteiger partial charge in [0.2, 0.25) is 0 Å². The molecular formula is C13H20KN-2. The van der Waals surface area contributed by atoms with Gasteiger partial charge in [-0.25, -0.2) is 12.0 Å². The molecule has 0 saturated heterocycles. The van der Waals surface area contributed by atoms with Crippen LogP contribution in [-0.2, 0) is 0 Å². The summed E-state index contributed by atoms with van der Waals surface area (Å²) in [5.74, 6) is 0. The molecular weight excluding hydrogens is 209 g/mol. The maximum atomic E-state index is 4.24. The quantitative estimate of drug-likeness (QED) is 0.473. The van der Waals surface area contributed by atoms with Crippen molar-refractivity contribution in [3.8, 4) is 0 Å². The third-order valence-electron chi connectivity index (χ3n) is 1.51. The molecule has 2 heteroatoms. The van der Waals surface area contributed by atoms with Gasteiger partial charge in [0.05, 0.1) is 0 Å². The van der Waals surface area contributed by atoms with Gasteiger partial charge in [-0.15, -0.1) is 12.1 Å². The van der Waals surface area contributed by atoms with Crippen LogP contribution in [0.5, 0.6) is 0 Å². The number of para-hydroxylation sites is 1. The van der Waals surface area contributed by atoms with Crippen molar-refractivity contribution in [2.75, 3.05) is 6.54 Å². The van der Waals surface area contributed by atoms with Crippen molar-refractivity contribution in [1.82, 2.24) is 0 Å². The number of nitrogens with zero attached hydrogens (tertiary/aromatic N) is 1. The van der Waals surface area contributed by atoms with E-state index in [1.807, 2.05) is 52.3 Å². The molecule has 0 radical (unpaired) electrons. The van der Waals surface area contributed by atoms with Crippen molar-refractivity contribution in [3.63, 3.8) is 0 Å². The normalized spacial score (nSPS) is 9.87. The average molecular weight is 229 g/mol. The Morgan fingerprint density at radius 3 is 2.27 bits per heavy atom. The third-order valence-corrected chi connectivity index (χ3v) is 1.51.